The molecule has 0 atom stereocenters. The van der Waals surface area contributed by atoms with E-state index in [4.69, 9.17) is 19.9 Å². The molecule has 0 amide bonds. The smallest absolute Gasteiger partial charge is 0.145 e. The highest BCUT2D eigenvalue weighted by Crippen LogP contribution is 2.29. The number of aryl methyl sites for hydroxylation is 1. The summed E-state index contributed by atoms with van der Waals surface area (Å²) in [5.41, 5.74) is 8.76. The molecule has 0 aromatic heterocycles. The van der Waals surface area contributed by atoms with Crippen molar-refractivity contribution in [2.24, 2.45) is 0 Å². The Kier molecular flexibility index (Phi) is 5.97. The molecule has 0 bridgehead atoms. The predicted molar refractivity (Wildman–Crippen MR) is 93.8 cm³/mol. The molecule has 3 N–H and O–H groups in total. The van der Waals surface area contributed by atoms with Crippen LogP contribution in [0.5, 0.6) is 17.2 Å². The maximum atomic E-state index is 5.92. The molecule has 0 heterocycles. The SMILES string of the molecule is COc1ccc(NCCCc2ccc(OC)c(N)c2)c(OC)c1. The number of benzene rings is 2. The van der Waals surface area contributed by atoms with Crippen molar-refractivity contribution in [2.75, 3.05) is 38.9 Å². The minimum absolute atomic E-state index is 0.676. The molecule has 0 aliphatic heterocycles. The Morgan fingerprint density at radius 3 is 2.35 bits per heavy atom. The topological polar surface area (TPSA) is 65.7 Å². The number of hydrogen-bond donors (Lipinski definition) is 2. The van der Waals surface area contributed by atoms with E-state index in [1.54, 1.807) is 21.3 Å². The lowest BCUT2D eigenvalue weighted by Gasteiger charge is -2.12. The first kappa shape index (κ1) is 16.8. The first-order valence-electron chi connectivity index (χ1n) is 7.56. The van der Waals surface area contributed by atoms with Crippen LogP contribution in [0, 0.1) is 0 Å². The van der Waals surface area contributed by atoms with E-state index in [0.717, 1.165) is 42.3 Å². The van der Waals surface area contributed by atoms with Gasteiger partial charge in [0.15, 0.2) is 0 Å². The molecule has 0 radical (unpaired) electrons. The van der Waals surface area contributed by atoms with Crippen LogP contribution in [0.1, 0.15) is 12.0 Å². The van der Waals surface area contributed by atoms with Crippen LogP contribution in [-0.4, -0.2) is 27.9 Å². The van der Waals surface area contributed by atoms with Gasteiger partial charge in [0, 0.05) is 12.6 Å². The molecule has 0 aliphatic rings. The lowest BCUT2D eigenvalue weighted by molar-refractivity contribution is 0.395. The summed E-state index contributed by atoms with van der Waals surface area (Å²) in [6.07, 6.45) is 1.93. The van der Waals surface area contributed by atoms with E-state index in [1.807, 2.05) is 36.4 Å². The fraction of sp³-hybridized carbons (Fsp3) is 0.333. The molecule has 5 heteroatoms. The maximum absolute atomic E-state index is 5.92. The molecule has 0 saturated heterocycles. The van der Waals surface area contributed by atoms with Gasteiger partial charge in [0.1, 0.15) is 17.2 Å². The van der Waals surface area contributed by atoms with Gasteiger partial charge in [-0.3, -0.25) is 0 Å². The van der Waals surface area contributed by atoms with Crippen LogP contribution in [0.15, 0.2) is 36.4 Å². The average Bonchev–Trinajstić information content (AvgIpc) is 2.58. The predicted octanol–water partition coefficient (Wildman–Crippen LogP) is 3.34. The Labute approximate surface area is 137 Å². The molecule has 23 heavy (non-hydrogen) atoms. The zero-order valence-corrected chi connectivity index (χ0v) is 13.9. The summed E-state index contributed by atoms with van der Waals surface area (Å²) in [5, 5.41) is 3.39. The quantitative estimate of drug-likeness (QED) is 0.577. The van der Waals surface area contributed by atoms with Gasteiger partial charge in [-0.2, -0.15) is 0 Å². The van der Waals surface area contributed by atoms with Gasteiger partial charge in [-0.25, -0.2) is 0 Å². The Morgan fingerprint density at radius 2 is 1.70 bits per heavy atom. The summed E-state index contributed by atoms with van der Waals surface area (Å²) in [7, 11) is 4.92. The molecule has 0 fully saturated rings. The van der Waals surface area contributed by atoms with Crippen molar-refractivity contribution in [3.05, 3.63) is 42.0 Å². The van der Waals surface area contributed by atoms with Crippen LogP contribution >= 0.6 is 0 Å². The van der Waals surface area contributed by atoms with Crippen LogP contribution in [0.2, 0.25) is 0 Å². The molecule has 2 rings (SSSR count). The highest BCUT2D eigenvalue weighted by atomic mass is 16.5. The number of nitrogens with two attached hydrogens (primary N) is 1. The first-order chi connectivity index (χ1) is 11.2. The molecule has 0 saturated carbocycles. The average molecular weight is 316 g/mol. The molecule has 5 nitrogen and oxygen atoms in total. The van der Waals surface area contributed by atoms with Gasteiger partial charge in [0.2, 0.25) is 0 Å². The van der Waals surface area contributed by atoms with Crippen LogP contribution in [0.4, 0.5) is 11.4 Å². The number of anilines is 2. The normalized spacial score (nSPS) is 10.2. The fourth-order valence-electron chi connectivity index (χ4n) is 2.40. The van der Waals surface area contributed by atoms with Crippen molar-refractivity contribution in [1.82, 2.24) is 0 Å². The van der Waals surface area contributed by atoms with E-state index in [9.17, 15) is 0 Å². The number of ether oxygens (including phenoxy) is 3. The first-order valence-corrected chi connectivity index (χ1v) is 7.56. The van der Waals surface area contributed by atoms with E-state index >= 15 is 0 Å². The van der Waals surface area contributed by atoms with Gasteiger partial charge in [0.25, 0.3) is 0 Å². The van der Waals surface area contributed by atoms with Gasteiger partial charge < -0.3 is 25.3 Å². The van der Waals surface area contributed by atoms with Crippen LogP contribution in [-0.2, 0) is 6.42 Å². The summed E-state index contributed by atoms with van der Waals surface area (Å²) in [6, 6.07) is 11.7. The molecular formula is C18H24N2O3. The summed E-state index contributed by atoms with van der Waals surface area (Å²) < 4.78 is 15.7. The van der Waals surface area contributed by atoms with E-state index < -0.39 is 0 Å². The highest BCUT2D eigenvalue weighted by molar-refractivity contribution is 5.59. The zero-order valence-electron chi connectivity index (χ0n) is 13.9. The molecule has 2 aromatic carbocycles. The molecule has 0 aliphatic carbocycles. The molecule has 2 aromatic rings. The highest BCUT2D eigenvalue weighted by Gasteiger charge is 2.05. The Hall–Kier alpha value is -2.56. The largest absolute Gasteiger partial charge is 0.497 e. The number of methoxy groups -OCH3 is 3. The number of hydrogen-bond acceptors (Lipinski definition) is 5. The van der Waals surface area contributed by atoms with Gasteiger partial charge in [0.05, 0.1) is 32.7 Å². The maximum Gasteiger partial charge on any atom is 0.145 e. The monoisotopic (exact) mass is 316 g/mol. The fourth-order valence-corrected chi connectivity index (χ4v) is 2.40. The second kappa shape index (κ2) is 8.17. The van der Waals surface area contributed by atoms with Crippen molar-refractivity contribution in [3.8, 4) is 17.2 Å². The summed E-state index contributed by atoms with van der Waals surface area (Å²) in [6.45, 7) is 0.842. The number of nitrogen functional groups attached to an aromatic ring is 1. The van der Waals surface area contributed by atoms with Gasteiger partial charge in [-0.15, -0.1) is 0 Å². The van der Waals surface area contributed by atoms with Crippen LogP contribution in [0.25, 0.3) is 0 Å². The summed E-state index contributed by atoms with van der Waals surface area (Å²) in [5.74, 6) is 2.27. The standard InChI is InChI=1S/C18H24N2O3/c1-21-14-7-8-16(18(12-14)23-3)20-10-4-5-13-6-9-17(22-2)15(19)11-13/h6-9,11-12,20H,4-5,10,19H2,1-3H3. The van der Waals surface area contributed by atoms with E-state index in [-0.39, 0.29) is 0 Å². The minimum Gasteiger partial charge on any atom is -0.497 e. The minimum atomic E-state index is 0.676. The van der Waals surface area contributed by atoms with Gasteiger partial charge in [-0.05, 0) is 42.7 Å². The van der Waals surface area contributed by atoms with Gasteiger partial charge >= 0.3 is 0 Å². The van der Waals surface area contributed by atoms with E-state index in [2.05, 4.69) is 5.32 Å². The molecular weight excluding hydrogens is 292 g/mol. The second-order valence-corrected chi connectivity index (χ2v) is 5.17. The number of rotatable bonds is 8. The summed E-state index contributed by atoms with van der Waals surface area (Å²) >= 11 is 0. The molecule has 124 valence electrons. The third-order valence-corrected chi connectivity index (χ3v) is 3.66. The number of nitrogens with one attached hydrogen (secondary N) is 1. The Bertz CT molecular complexity index is 644. The third-order valence-electron chi connectivity index (χ3n) is 3.66. The van der Waals surface area contributed by atoms with Crippen molar-refractivity contribution in [1.29, 1.82) is 0 Å². The Balaban J connectivity index is 1.87. The van der Waals surface area contributed by atoms with Crippen LogP contribution in [0.3, 0.4) is 0 Å². The van der Waals surface area contributed by atoms with Gasteiger partial charge in [-0.1, -0.05) is 6.07 Å². The van der Waals surface area contributed by atoms with Crippen LogP contribution < -0.4 is 25.3 Å². The lowest BCUT2D eigenvalue weighted by Crippen LogP contribution is -2.05. The molecule has 0 unspecified atom stereocenters. The van der Waals surface area contributed by atoms with Crippen molar-refractivity contribution in [3.63, 3.8) is 0 Å². The third kappa shape index (κ3) is 4.45. The molecule has 0 spiro atoms. The van der Waals surface area contributed by atoms with Crippen molar-refractivity contribution < 1.29 is 14.2 Å². The van der Waals surface area contributed by atoms with Crippen molar-refractivity contribution in [2.45, 2.75) is 12.8 Å². The Morgan fingerprint density at radius 1 is 0.913 bits per heavy atom. The van der Waals surface area contributed by atoms with Crippen molar-refractivity contribution >= 4 is 11.4 Å². The lowest BCUT2D eigenvalue weighted by atomic mass is 10.1. The van der Waals surface area contributed by atoms with E-state index in [0.29, 0.717) is 5.69 Å². The van der Waals surface area contributed by atoms with E-state index in [1.165, 1.54) is 5.56 Å². The summed E-state index contributed by atoms with van der Waals surface area (Å²) in [4.78, 5) is 0. The zero-order chi connectivity index (χ0) is 16.7. The second-order valence-electron chi connectivity index (χ2n) is 5.17.